The summed E-state index contributed by atoms with van der Waals surface area (Å²) in [6, 6.07) is 4.41. The fraction of sp³-hybridized carbons (Fsp3) is 0.385. The van der Waals surface area contributed by atoms with Crippen molar-refractivity contribution >= 4 is 29.3 Å². The molecular weight excluding hydrogens is 268 g/mol. The van der Waals surface area contributed by atoms with Crippen LogP contribution < -0.4 is 10.6 Å². The van der Waals surface area contributed by atoms with Crippen molar-refractivity contribution in [2.45, 2.75) is 32.7 Å². The Morgan fingerprint density at radius 3 is 2.63 bits per heavy atom. The first-order valence-corrected chi connectivity index (χ1v) is 6.35. The van der Waals surface area contributed by atoms with Crippen LogP contribution >= 0.6 is 11.6 Å². The van der Waals surface area contributed by atoms with E-state index >= 15 is 0 Å². The monoisotopic (exact) mass is 284 g/mol. The van der Waals surface area contributed by atoms with E-state index in [1.54, 1.807) is 12.1 Å². The minimum absolute atomic E-state index is 0.106. The Bertz CT molecular complexity index is 477. The molecule has 2 amide bonds. The lowest BCUT2D eigenvalue weighted by molar-refractivity contribution is -0.137. The maximum Gasteiger partial charge on any atom is 0.319 e. The molecule has 6 heteroatoms. The van der Waals surface area contributed by atoms with Crippen molar-refractivity contribution in [3.8, 4) is 0 Å². The Morgan fingerprint density at radius 2 is 2.11 bits per heavy atom. The van der Waals surface area contributed by atoms with Gasteiger partial charge < -0.3 is 15.7 Å². The first kappa shape index (κ1) is 15.3. The Labute approximate surface area is 117 Å². The van der Waals surface area contributed by atoms with E-state index in [0.29, 0.717) is 17.1 Å². The molecule has 1 rings (SSSR count). The van der Waals surface area contributed by atoms with E-state index in [-0.39, 0.29) is 6.42 Å². The van der Waals surface area contributed by atoms with Crippen LogP contribution in [-0.2, 0) is 4.79 Å². The second-order valence-corrected chi connectivity index (χ2v) is 4.69. The van der Waals surface area contributed by atoms with Crippen molar-refractivity contribution in [2.24, 2.45) is 0 Å². The SMILES string of the molecule is CCC(CC(=O)O)NC(=O)Nc1ccc(C)cc1Cl. The summed E-state index contributed by atoms with van der Waals surface area (Å²) in [7, 11) is 0. The summed E-state index contributed by atoms with van der Waals surface area (Å²) in [4.78, 5) is 22.3. The van der Waals surface area contributed by atoms with Gasteiger partial charge in [-0.05, 0) is 31.0 Å². The quantitative estimate of drug-likeness (QED) is 0.777. The lowest BCUT2D eigenvalue weighted by Gasteiger charge is -2.16. The van der Waals surface area contributed by atoms with E-state index < -0.39 is 18.0 Å². The van der Waals surface area contributed by atoms with Crippen LogP contribution in [0.15, 0.2) is 18.2 Å². The number of carbonyl (C=O) groups excluding carboxylic acids is 1. The maximum atomic E-state index is 11.7. The minimum Gasteiger partial charge on any atom is -0.481 e. The van der Waals surface area contributed by atoms with Crippen LogP contribution in [0.4, 0.5) is 10.5 Å². The van der Waals surface area contributed by atoms with Gasteiger partial charge in [-0.3, -0.25) is 4.79 Å². The van der Waals surface area contributed by atoms with Crippen molar-refractivity contribution in [3.63, 3.8) is 0 Å². The molecule has 1 atom stereocenters. The van der Waals surface area contributed by atoms with Crippen LogP contribution in [0.1, 0.15) is 25.3 Å². The summed E-state index contributed by atoms with van der Waals surface area (Å²) in [5, 5.41) is 14.3. The van der Waals surface area contributed by atoms with E-state index in [9.17, 15) is 9.59 Å². The molecule has 19 heavy (non-hydrogen) atoms. The number of carboxylic acids is 1. The molecule has 0 radical (unpaired) electrons. The molecule has 1 unspecified atom stereocenters. The van der Waals surface area contributed by atoms with E-state index in [1.807, 2.05) is 19.9 Å². The first-order valence-electron chi connectivity index (χ1n) is 5.97. The zero-order valence-electron chi connectivity index (χ0n) is 10.9. The highest BCUT2D eigenvalue weighted by atomic mass is 35.5. The molecule has 0 heterocycles. The number of halogens is 1. The number of benzene rings is 1. The van der Waals surface area contributed by atoms with E-state index in [0.717, 1.165) is 5.56 Å². The van der Waals surface area contributed by atoms with Crippen LogP contribution in [0.2, 0.25) is 5.02 Å². The van der Waals surface area contributed by atoms with Crippen molar-refractivity contribution in [2.75, 3.05) is 5.32 Å². The number of anilines is 1. The number of carbonyl (C=O) groups is 2. The van der Waals surface area contributed by atoms with Crippen molar-refractivity contribution in [1.29, 1.82) is 0 Å². The van der Waals surface area contributed by atoms with Gasteiger partial charge >= 0.3 is 12.0 Å². The van der Waals surface area contributed by atoms with Gasteiger partial charge in [-0.2, -0.15) is 0 Å². The van der Waals surface area contributed by atoms with Crippen LogP contribution in [0.5, 0.6) is 0 Å². The highest BCUT2D eigenvalue weighted by molar-refractivity contribution is 6.33. The summed E-state index contributed by atoms with van der Waals surface area (Å²) in [6.45, 7) is 3.71. The summed E-state index contributed by atoms with van der Waals surface area (Å²) in [5.41, 5.74) is 1.49. The lowest BCUT2D eigenvalue weighted by atomic mass is 10.1. The van der Waals surface area contributed by atoms with Crippen LogP contribution in [0, 0.1) is 6.92 Å². The Balaban J connectivity index is 2.61. The zero-order valence-corrected chi connectivity index (χ0v) is 11.6. The molecule has 3 N–H and O–H groups in total. The Hall–Kier alpha value is -1.75. The molecule has 0 spiro atoms. The third-order valence-corrected chi connectivity index (χ3v) is 2.93. The highest BCUT2D eigenvalue weighted by Gasteiger charge is 2.14. The van der Waals surface area contributed by atoms with Gasteiger partial charge in [0.25, 0.3) is 0 Å². The van der Waals surface area contributed by atoms with Crippen molar-refractivity contribution < 1.29 is 14.7 Å². The Kier molecular flexibility index (Phi) is 5.63. The number of aryl methyl sites for hydroxylation is 1. The highest BCUT2D eigenvalue weighted by Crippen LogP contribution is 2.22. The van der Waals surface area contributed by atoms with Crippen LogP contribution in [0.25, 0.3) is 0 Å². The molecule has 104 valence electrons. The van der Waals surface area contributed by atoms with Crippen LogP contribution in [-0.4, -0.2) is 23.1 Å². The number of urea groups is 1. The van der Waals surface area contributed by atoms with Gasteiger partial charge in [0.05, 0.1) is 17.1 Å². The average molecular weight is 285 g/mol. The predicted octanol–water partition coefficient (Wildman–Crippen LogP) is 3.02. The molecule has 0 aromatic heterocycles. The smallest absolute Gasteiger partial charge is 0.319 e. The molecule has 0 aliphatic heterocycles. The molecule has 0 saturated carbocycles. The molecule has 0 fully saturated rings. The molecule has 5 nitrogen and oxygen atoms in total. The maximum absolute atomic E-state index is 11.7. The number of amides is 2. The van der Waals surface area contributed by atoms with E-state index in [4.69, 9.17) is 16.7 Å². The second-order valence-electron chi connectivity index (χ2n) is 4.28. The standard InChI is InChI=1S/C13H17ClN2O3/c1-3-9(7-12(17)18)15-13(19)16-11-5-4-8(2)6-10(11)14/h4-6,9H,3,7H2,1-2H3,(H,17,18)(H2,15,16,19). The first-order chi connectivity index (χ1) is 8.92. The van der Waals surface area contributed by atoms with Crippen LogP contribution in [0.3, 0.4) is 0 Å². The van der Waals surface area contributed by atoms with E-state index in [1.165, 1.54) is 0 Å². The number of carboxylic acid groups (broad SMARTS) is 1. The third-order valence-electron chi connectivity index (χ3n) is 2.62. The fourth-order valence-electron chi connectivity index (χ4n) is 1.57. The number of rotatable bonds is 5. The molecule has 1 aromatic carbocycles. The van der Waals surface area contributed by atoms with Gasteiger partial charge in [0.1, 0.15) is 0 Å². The largest absolute Gasteiger partial charge is 0.481 e. The Morgan fingerprint density at radius 1 is 1.42 bits per heavy atom. The normalized spacial score (nSPS) is 11.7. The fourth-order valence-corrected chi connectivity index (χ4v) is 1.86. The third kappa shape index (κ3) is 5.18. The molecule has 0 saturated heterocycles. The molecule has 0 bridgehead atoms. The minimum atomic E-state index is -0.944. The lowest BCUT2D eigenvalue weighted by Crippen LogP contribution is -2.38. The van der Waals surface area contributed by atoms with Gasteiger partial charge in [0.2, 0.25) is 0 Å². The van der Waals surface area contributed by atoms with Gasteiger partial charge in [-0.15, -0.1) is 0 Å². The summed E-state index contributed by atoms with van der Waals surface area (Å²) < 4.78 is 0. The van der Waals surface area contributed by atoms with Gasteiger partial charge in [-0.1, -0.05) is 24.6 Å². The van der Waals surface area contributed by atoms with Gasteiger partial charge in [0.15, 0.2) is 0 Å². The molecule has 0 aliphatic carbocycles. The van der Waals surface area contributed by atoms with E-state index in [2.05, 4.69) is 10.6 Å². The topological polar surface area (TPSA) is 78.4 Å². The summed E-state index contributed by atoms with van der Waals surface area (Å²) in [6.07, 6.45) is 0.437. The zero-order chi connectivity index (χ0) is 14.4. The number of nitrogens with one attached hydrogen (secondary N) is 2. The van der Waals surface area contributed by atoms with Gasteiger partial charge in [-0.25, -0.2) is 4.79 Å². The molecular formula is C13H17ClN2O3. The summed E-state index contributed by atoms with van der Waals surface area (Å²) in [5.74, 6) is -0.944. The molecule has 0 aliphatic rings. The number of hydrogen-bond donors (Lipinski definition) is 3. The second kappa shape index (κ2) is 6.99. The summed E-state index contributed by atoms with van der Waals surface area (Å²) >= 11 is 5.99. The van der Waals surface area contributed by atoms with Crippen molar-refractivity contribution in [1.82, 2.24) is 5.32 Å². The number of aliphatic carboxylic acids is 1. The van der Waals surface area contributed by atoms with Crippen molar-refractivity contribution in [3.05, 3.63) is 28.8 Å². The van der Waals surface area contributed by atoms with Gasteiger partial charge in [0, 0.05) is 6.04 Å². The number of hydrogen-bond acceptors (Lipinski definition) is 2. The average Bonchev–Trinajstić information content (AvgIpc) is 2.31. The predicted molar refractivity (Wildman–Crippen MR) is 74.7 cm³/mol. The molecule has 1 aromatic rings.